The minimum Gasteiger partial charge on any atom is -0.479 e. The highest BCUT2D eigenvalue weighted by atomic mass is 35.5. The first-order valence-electron chi connectivity index (χ1n) is 6.67. The van der Waals surface area contributed by atoms with Crippen LogP contribution in [0.5, 0.6) is 0 Å². The van der Waals surface area contributed by atoms with Crippen LogP contribution in [0.2, 0.25) is 5.22 Å². The fourth-order valence-electron chi connectivity index (χ4n) is 2.73. The fraction of sp³-hybridized carbons (Fsp3) is 0.571. The first-order chi connectivity index (χ1) is 9.74. The summed E-state index contributed by atoms with van der Waals surface area (Å²) >= 11 is 5.62. The number of amides is 1. The van der Waals surface area contributed by atoms with Crippen molar-refractivity contribution in [2.24, 2.45) is 5.41 Å². The number of furan rings is 1. The van der Waals surface area contributed by atoms with Gasteiger partial charge in [-0.1, -0.05) is 13.8 Å². The number of hydrogen-bond donors (Lipinski definition) is 2. The van der Waals surface area contributed by atoms with Crippen LogP contribution in [0, 0.1) is 5.41 Å². The Bertz CT molecular complexity index is 567. The van der Waals surface area contributed by atoms with Gasteiger partial charge < -0.3 is 19.6 Å². The van der Waals surface area contributed by atoms with Crippen molar-refractivity contribution in [1.82, 2.24) is 5.32 Å². The number of rotatable bonds is 5. The third-order valence-electron chi connectivity index (χ3n) is 4.25. The van der Waals surface area contributed by atoms with Crippen molar-refractivity contribution in [3.8, 4) is 0 Å². The van der Waals surface area contributed by atoms with Crippen molar-refractivity contribution in [3.05, 3.63) is 23.1 Å². The predicted octanol–water partition coefficient (Wildman–Crippen LogP) is 2.32. The molecular formula is C14H18ClNO5. The molecule has 0 unspecified atom stereocenters. The van der Waals surface area contributed by atoms with Crippen LogP contribution >= 0.6 is 11.6 Å². The molecule has 1 amide bonds. The normalized spacial score (nSPS) is 27.0. The van der Waals surface area contributed by atoms with Gasteiger partial charge in [0.25, 0.3) is 5.91 Å². The SMILES string of the molecule is CCO[C@@H]1C[C@@](NC(=O)c2ccc(Cl)o2)(C(=O)O)C1(C)C. The van der Waals surface area contributed by atoms with Crippen molar-refractivity contribution in [3.63, 3.8) is 0 Å². The zero-order valence-electron chi connectivity index (χ0n) is 12.1. The topological polar surface area (TPSA) is 88.8 Å². The Hall–Kier alpha value is -1.53. The molecule has 0 saturated heterocycles. The van der Waals surface area contributed by atoms with E-state index >= 15 is 0 Å². The molecule has 1 heterocycles. The predicted molar refractivity (Wildman–Crippen MR) is 75.4 cm³/mol. The summed E-state index contributed by atoms with van der Waals surface area (Å²) in [7, 11) is 0. The summed E-state index contributed by atoms with van der Waals surface area (Å²) in [6.45, 7) is 5.87. The van der Waals surface area contributed by atoms with Crippen LogP contribution in [0.15, 0.2) is 16.5 Å². The largest absolute Gasteiger partial charge is 0.479 e. The van der Waals surface area contributed by atoms with E-state index < -0.39 is 22.8 Å². The lowest BCUT2D eigenvalue weighted by Gasteiger charge is -2.58. The maximum atomic E-state index is 12.2. The molecule has 0 aromatic carbocycles. The molecule has 1 aromatic rings. The van der Waals surface area contributed by atoms with Gasteiger partial charge in [0.2, 0.25) is 0 Å². The lowest BCUT2D eigenvalue weighted by molar-refractivity contribution is -0.190. The van der Waals surface area contributed by atoms with Gasteiger partial charge in [0.15, 0.2) is 11.0 Å². The van der Waals surface area contributed by atoms with E-state index in [1.807, 2.05) is 6.92 Å². The van der Waals surface area contributed by atoms with Gasteiger partial charge in [-0.05, 0) is 30.7 Å². The van der Waals surface area contributed by atoms with Crippen molar-refractivity contribution in [1.29, 1.82) is 0 Å². The van der Waals surface area contributed by atoms with Crippen LogP contribution < -0.4 is 5.32 Å². The average molecular weight is 316 g/mol. The van der Waals surface area contributed by atoms with E-state index in [-0.39, 0.29) is 23.5 Å². The number of carbonyl (C=O) groups excluding carboxylic acids is 1. The molecular weight excluding hydrogens is 298 g/mol. The number of ether oxygens (including phenoxy) is 1. The van der Waals surface area contributed by atoms with E-state index in [4.69, 9.17) is 20.8 Å². The molecule has 21 heavy (non-hydrogen) atoms. The summed E-state index contributed by atoms with van der Waals surface area (Å²) in [5.41, 5.74) is -2.12. The van der Waals surface area contributed by atoms with Gasteiger partial charge in [0, 0.05) is 18.4 Å². The highest BCUT2D eigenvalue weighted by molar-refractivity contribution is 6.29. The summed E-state index contributed by atoms with van der Waals surface area (Å²) in [6, 6.07) is 2.83. The minimum atomic E-state index is -1.39. The quantitative estimate of drug-likeness (QED) is 0.870. The Morgan fingerprint density at radius 2 is 2.19 bits per heavy atom. The lowest BCUT2D eigenvalue weighted by Crippen LogP contribution is -2.76. The molecule has 7 heteroatoms. The molecule has 1 aromatic heterocycles. The van der Waals surface area contributed by atoms with Crippen molar-refractivity contribution in [2.45, 2.75) is 38.8 Å². The monoisotopic (exact) mass is 315 g/mol. The molecule has 0 bridgehead atoms. The second kappa shape index (κ2) is 5.35. The zero-order valence-corrected chi connectivity index (χ0v) is 12.9. The first kappa shape index (κ1) is 15.9. The van der Waals surface area contributed by atoms with Crippen LogP contribution in [-0.4, -0.2) is 35.2 Å². The molecule has 6 nitrogen and oxygen atoms in total. The number of halogens is 1. The first-order valence-corrected chi connectivity index (χ1v) is 7.05. The number of nitrogens with one attached hydrogen (secondary N) is 1. The van der Waals surface area contributed by atoms with Crippen molar-refractivity contribution in [2.75, 3.05) is 6.61 Å². The van der Waals surface area contributed by atoms with Gasteiger partial charge in [0.05, 0.1) is 6.10 Å². The summed E-state index contributed by atoms with van der Waals surface area (Å²) in [5.74, 6) is -1.71. The molecule has 1 aliphatic rings. The van der Waals surface area contributed by atoms with Crippen molar-refractivity contribution < 1.29 is 23.8 Å². The Morgan fingerprint density at radius 3 is 2.62 bits per heavy atom. The maximum absolute atomic E-state index is 12.2. The smallest absolute Gasteiger partial charge is 0.330 e. The lowest BCUT2D eigenvalue weighted by atomic mass is 9.54. The molecule has 2 rings (SSSR count). The minimum absolute atomic E-state index is 0.0173. The molecule has 2 atom stereocenters. The third kappa shape index (κ3) is 2.42. The molecule has 1 aliphatic carbocycles. The summed E-state index contributed by atoms with van der Waals surface area (Å²) in [4.78, 5) is 23.9. The van der Waals surface area contributed by atoms with Crippen LogP contribution in [0.3, 0.4) is 0 Å². The molecule has 2 N–H and O–H groups in total. The fourth-order valence-corrected chi connectivity index (χ4v) is 2.87. The van der Waals surface area contributed by atoms with Crippen LogP contribution in [0.25, 0.3) is 0 Å². The molecule has 0 aliphatic heterocycles. The van der Waals surface area contributed by atoms with Gasteiger partial charge in [-0.25, -0.2) is 4.79 Å². The Kier molecular flexibility index (Phi) is 4.04. The number of carbonyl (C=O) groups is 2. The zero-order chi connectivity index (χ0) is 15.8. The number of carboxylic acids is 1. The molecule has 1 saturated carbocycles. The van der Waals surface area contributed by atoms with Crippen LogP contribution in [-0.2, 0) is 9.53 Å². The van der Waals surface area contributed by atoms with E-state index in [1.165, 1.54) is 12.1 Å². The third-order valence-corrected chi connectivity index (χ3v) is 4.46. The second-order valence-corrected chi connectivity index (χ2v) is 6.01. The van der Waals surface area contributed by atoms with Gasteiger partial charge in [-0.15, -0.1) is 0 Å². The Balaban J connectivity index is 2.22. The summed E-state index contributed by atoms with van der Waals surface area (Å²) < 4.78 is 10.5. The molecule has 0 spiro atoms. The molecule has 1 fully saturated rings. The highest BCUT2D eigenvalue weighted by Crippen LogP contribution is 2.51. The number of carboxylic acid groups (broad SMARTS) is 1. The van der Waals surface area contributed by atoms with E-state index in [9.17, 15) is 14.7 Å². The van der Waals surface area contributed by atoms with Gasteiger partial charge >= 0.3 is 5.97 Å². The molecule has 0 radical (unpaired) electrons. The summed E-state index contributed by atoms with van der Waals surface area (Å²) in [5, 5.41) is 12.2. The van der Waals surface area contributed by atoms with E-state index in [0.29, 0.717) is 6.61 Å². The average Bonchev–Trinajstić information content (AvgIpc) is 2.83. The standard InChI is InChI=1S/C14H18ClNO5/c1-4-20-9-7-14(12(18)19,13(9,2)3)16-11(17)8-5-6-10(15)21-8/h5-6,9H,4,7H2,1-3H3,(H,16,17)(H,18,19)/t9-,14-/m1/s1. The van der Waals surface area contributed by atoms with E-state index in [1.54, 1.807) is 13.8 Å². The van der Waals surface area contributed by atoms with E-state index in [2.05, 4.69) is 5.32 Å². The number of aliphatic carboxylic acids is 1. The van der Waals surface area contributed by atoms with Gasteiger partial charge in [0.1, 0.15) is 5.54 Å². The Labute approximate surface area is 127 Å². The molecule has 116 valence electrons. The van der Waals surface area contributed by atoms with E-state index in [0.717, 1.165) is 0 Å². The van der Waals surface area contributed by atoms with Gasteiger partial charge in [-0.2, -0.15) is 0 Å². The highest BCUT2D eigenvalue weighted by Gasteiger charge is 2.66. The summed E-state index contributed by atoms with van der Waals surface area (Å²) in [6.07, 6.45) is -0.0114. The second-order valence-electron chi connectivity index (χ2n) is 5.64. The number of hydrogen-bond acceptors (Lipinski definition) is 4. The van der Waals surface area contributed by atoms with Crippen molar-refractivity contribution >= 4 is 23.5 Å². The van der Waals surface area contributed by atoms with Crippen LogP contribution in [0.4, 0.5) is 0 Å². The Morgan fingerprint density at radius 1 is 1.52 bits per heavy atom. The maximum Gasteiger partial charge on any atom is 0.330 e. The van der Waals surface area contributed by atoms with Crippen LogP contribution in [0.1, 0.15) is 37.7 Å². The van der Waals surface area contributed by atoms with Gasteiger partial charge in [-0.3, -0.25) is 4.79 Å².